The summed E-state index contributed by atoms with van der Waals surface area (Å²) in [5.41, 5.74) is 2.92. The van der Waals surface area contributed by atoms with Crippen LogP contribution in [0.1, 0.15) is 96.6 Å². The van der Waals surface area contributed by atoms with Gasteiger partial charge in [-0.05, 0) is 85.2 Å². The quantitative estimate of drug-likeness (QED) is 0.157. The van der Waals surface area contributed by atoms with E-state index in [1.165, 1.54) is 10.4 Å². The third kappa shape index (κ3) is 12.2. The van der Waals surface area contributed by atoms with E-state index in [4.69, 9.17) is 14.3 Å². The number of hydrogen-bond acceptors (Lipinski definition) is 17. The molecule has 0 spiro atoms. The van der Waals surface area contributed by atoms with Gasteiger partial charge in [-0.2, -0.15) is 13.2 Å². The van der Waals surface area contributed by atoms with Crippen molar-refractivity contribution in [3.05, 3.63) is 86.7 Å². The second-order valence-electron chi connectivity index (χ2n) is 13.5. The molecule has 0 unspecified atom stereocenters. The average Bonchev–Trinajstić information content (AvgIpc) is 4.01. The fourth-order valence-electron chi connectivity index (χ4n) is 5.64. The summed E-state index contributed by atoms with van der Waals surface area (Å²) in [4.78, 5) is 58.3. The summed E-state index contributed by atoms with van der Waals surface area (Å²) in [6, 6.07) is 7.13. The molecule has 8 rings (SSSR count). The number of aryl methyl sites for hydroxylation is 5. The topological polar surface area (TPSA) is 156 Å². The molecule has 60 heavy (non-hydrogen) atoms. The number of nitrogens with zero attached hydrogens (tertiary/aromatic N) is 4. The van der Waals surface area contributed by atoms with Crippen LogP contribution in [0.25, 0.3) is 0 Å². The predicted molar refractivity (Wildman–Crippen MR) is 226 cm³/mol. The zero-order chi connectivity index (χ0) is 43.9. The van der Waals surface area contributed by atoms with Crippen LogP contribution < -0.4 is 9.47 Å². The maximum atomic E-state index is 12.7. The lowest BCUT2D eigenvalue weighted by atomic mass is 10.1. The Bertz CT molecular complexity index is 2400. The van der Waals surface area contributed by atoms with Crippen LogP contribution in [-0.2, 0) is 39.9 Å². The van der Waals surface area contributed by atoms with Gasteiger partial charge in [-0.25, -0.2) is 14.4 Å². The van der Waals surface area contributed by atoms with E-state index in [1.807, 2.05) is 60.6 Å². The number of carbonyl (C=O) groups excluding carboxylic acids is 3. The van der Waals surface area contributed by atoms with Crippen LogP contribution in [0.3, 0.4) is 0 Å². The number of halogens is 3. The van der Waals surface area contributed by atoms with Crippen molar-refractivity contribution in [3.63, 3.8) is 0 Å². The van der Waals surface area contributed by atoms with E-state index in [0.717, 1.165) is 59.0 Å². The minimum absolute atomic E-state index is 0.103. The molecule has 20 heteroatoms. The van der Waals surface area contributed by atoms with Crippen molar-refractivity contribution < 1.29 is 56.4 Å². The molecule has 0 fully saturated rings. The molecule has 0 atom stereocenters. The molecule has 4 aliphatic heterocycles. The average molecular weight is 907 g/mol. The van der Waals surface area contributed by atoms with Gasteiger partial charge in [-0.15, -0.1) is 45.3 Å². The maximum absolute atomic E-state index is 12.7. The highest BCUT2D eigenvalue weighted by Crippen LogP contribution is 2.39. The molecule has 320 valence electrons. The maximum Gasteiger partial charge on any atom is 0.417 e. The number of ether oxygens (including phenoxy) is 2. The molecule has 4 aromatic rings. The first kappa shape index (κ1) is 45.9. The molecule has 13 nitrogen and oxygen atoms in total. The lowest BCUT2D eigenvalue weighted by Gasteiger charge is -2.09. The molecule has 0 bridgehead atoms. The summed E-state index contributed by atoms with van der Waals surface area (Å²) in [6.07, 6.45) is -3.24. The fourth-order valence-corrected chi connectivity index (χ4v) is 9.51. The molecular weight excluding hydrogens is 866 g/mol. The van der Waals surface area contributed by atoms with Crippen molar-refractivity contribution >= 4 is 86.1 Å². The Kier molecular flexibility index (Phi) is 15.2. The number of thiophene rings is 4. The standard InChI is InChI=1S/C11H13NO3S.C10H8F3NOS.C10H11NO3S.C9H9NO2S/c1-6(2)14-9-4-7(3)16-11(9)8-5-10(13)15-12-8;1-5-3-8(14-15-5)9-7(10(11,12)13)4-6(2)16-9;1-3-13-8-4-6(2)15-10(8)7-5-9(12)14-11-7;1-5-3-6(2)13-9(5)7-4-8(11)12-10-7/h4,6H,5H2,1-3H3;4H,1,3H2,2H3;4H,3,5H2,1-2H3;3H,4H2,1-2H3. The SMILES string of the molecule is C=C1CC(c2sc(C)cc2C(F)(F)F)=NO1.CCOc1cc(C)sc1C1=NOC(=O)C1.Cc1cc(C)c(C2=NOC(=O)C2)s1.Cc1cc(OC(C)C)c(C2=NOC(=O)C2)s1. The van der Waals surface area contributed by atoms with Crippen LogP contribution >= 0.6 is 45.3 Å². The van der Waals surface area contributed by atoms with Crippen LogP contribution in [0.4, 0.5) is 13.2 Å². The van der Waals surface area contributed by atoms with Crippen LogP contribution in [-0.4, -0.2) is 53.5 Å². The molecule has 4 aromatic heterocycles. The lowest BCUT2D eigenvalue weighted by Crippen LogP contribution is -2.09. The van der Waals surface area contributed by atoms with Crippen molar-refractivity contribution in [2.24, 2.45) is 20.6 Å². The van der Waals surface area contributed by atoms with Gasteiger partial charge in [-0.3, -0.25) is 0 Å². The zero-order valence-corrected chi connectivity index (χ0v) is 37.1. The largest absolute Gasteiger partial charge is 0.492 e. The Hall–Kier alpha value is -5.18. The van der Waals surface area contributed by atoms with E-state index in [0.29, 0.717) is 40.8 Å². The van der Waals surface area contributed by atoms with Gasteiger partial charge in [0.15, 0.2) is 0 Å². The molecule has 0 saturated heterocycles. The molecule has 0 aromatic carbocycles. The Morgan fingerprint density at radius 1 is 0.633 bits per heavy atom. The van der Waals surface area contributed by atoms with Gasteiger partial charge in [0.25, 0.3) is 0 Å². The van der Waals surface area contributed by atoms with Crippen molar-refractivity contribution in [1.29, 1.82) is 0 Å². The summed E-state index contributed by atoms with van der Waals surface area (Å²) in [5.74, 6) is 1.07. The van der Waals surface area contributed by atoms with Gasteiger partial charge >= 0.3 is 24.1 Å². The number of carbonyl (C=O) groups is 3. The Morgan fingerprint density at radius 3 is 1.47 bits per heavy atom. The van der Waals surface area contributed by atoms with Crippen molar-refractivity contribution in [2.45, 2.75) is 93.4 Å². The second kappa shape index (κ2) is 19.9. The van der Waals surface area contributed by atoms with E-state index < -0.39 is 11.7 Å². The fraction of sp³-hybridized carbons (Fsp3) is 0.375. The first-order valence-corrected chi connectivity index (χ1v) is 21.6. The molecule has 0 aliphatic carbocycles. The number of hydrogen-bond donors (Lipinski definition) is 0. The number of rotatable bonds is 8. The van der Waals surface area contributed by atoms with Gasteiger partial charge in [0.05, 0.1) is 63.5 Å². The Morgan fingerprint density at radius 2 is 1.05 bits per heavy atom. The van der Waals surface area contributed by atoms with Gasteiger partial charge < -0.3 is 28.8 Å². The summed E-state index contributed by atoms with van der Waals surface area (Å²) >= 11 is 5.85. The smallest absolute Gasteiger partial charge is 0.417 e. The lowest BCUT2D eigenvalue weighted by molar-refractivity contribution is -0.140. The van der Waals surface area contributed by atoms with E-state index in [1.54, 1.807) is 40.9 Å². The van der Waals surface area contributed by atoms with Crippen molar-refractivity contribution in [2.75, 3.05) is 6.61 Å². The van der Waals surface area contributed by atoms with E-state index in [2.05, 4.69) is 47.8 Å². The highest BCUT2D eigenvalue weighted by Gasteiger charge is 2.37. The molecule has 4 aliphatic rings. The first-order valence-electron chi connectivity index (χ1n) is 18.3. The molecule has 0 N–H and O–H groups in total. The van der Waals surface area contributed by atoms with Crippen molar-refractivity contribution in [1.82, 2.24) is 0 Å². The highest BCUT2D eigenvalue weighted by atomic mass is 32.1. The minimum atomic E-state index is -4.35. The number of alkyl halides is 3. The monoisotopic (exact) mass is 906 g/mol. The number of oxime groups is 4. The third-order valence-electron chi connectivity index (χ3n) is 7.91. The van der Waals surface area contributed by atoms with Crippen LogP contribution in [0.5, 0.6) is 11.5 Å². The van der Waals surface area contributed by atoms with Gasteiger partial charge in [-0.1, -0.05) is 27.2 Å². The van der Waals surface area contributed by atoms with Gasteiger partial charge in [0.1, 0.15) is 40.1 Å². The first-order chi connectivity index (χ1) is 28.3. The third-order valence-corrected chi connectivity index (χ3v) is 12.4. The Balaban J connectivity index is 0.000000152. The Labute approximate surface area is 359 Å². The zero-order valence-electron chi connectivity index (χ0n) is 33.9. The molecule has 8 heterocycles. The molecule has 0 saturated carbocycles. The van der Waals surface area contributed by atoms with Gasteiger partial charge in [0.2, 0.25) is 0 Å². The van der Waals surface area contributed by atoms with E-state index >= 15 is 0 Å². The number of allylic oxidation sites excluding steroid dienone is 1. The van der Waals surface area contributed by atoms with Crippen LogP contribution in [0.2, 0.25) is 0 Å². The van der Waals surface area contributed by atoms with Crippen LogP contribution in [0, 0.1) is 34.6 Å². The molecule has 0 radical (unpaired) electrons. The summed E-state index contributed by atoms with van der Waals surface area (Å²) < 4.78 is 49.2. The van der Waals surface area contributed by atoms with E-state index in [-0.39, 0.29) is 48.2 Å². The van der Waals surface area contributed by atoms with Crippen LogP contribution in [0.15, 0.2) is 57.2 Å². The summed E-state index contributed by atoms with van der Waals surface area (Å²) in [6.45, 7) is 19.7. The van der Waals surface area contributed by atoms with E-state index in [9.17, 15) is 27.6 Å². The summed E-state index contributed by atoms with van der Waals surface area (Å²) in [7, 11) is 0. The van der Waals surface area contributed by atoms with Gasteiger partial charge in [0, 0.05) is 19.5 Å². The molecule has 0 amide bonds. The van der Waals surface area contributed by atoms with Crippen molar-refractivity contribution in [3.8, 4) is 11.5 Å². The normalized spacial score (nSPS) is 15.6. The molecular formula is C40H41F3N4O9S4. The summed E-state index contributed by atoms with van der Waals surface area (Å²) in [5, 5.41) is 14.8. The minimum Gasteiger partial charge on any atom is -0.492 e. The predicted octanol–water partition coefficient (Wildman–Crippen LogP) is 10.3. The highest BCUT2D eigenvalue weighted by molar-refractivity contribution is 7.15. The second-order valence-corrected chi connectivity index (χ2v) is 18.6.